The first-order valence-electron chi connectivity index (χ1n) is 9.97. The maximum Gasteiger partial charge on any atom is 0.227 e. The first kappa shape index (κ1) is 21.6. The fourth-order valence-electron chi connectivity index (χ4n) is 4.07. The first-order valence-corrected chi connectivity index (χ1v) is 9.97. The summed E-state index contributed by atoms with van der Waals surface area (Å²) in [5.74, 6) is 1.55. The van der Waals surface area contributed by atoms with Crippen LogP contribution in [-0.4, -0.2) is 32.7 Å². The maximum atomic E-state index is 12.0. The Morgan fingerprint density at radius 3 is 2.86 bits per heavy atom. The molecule has 2 saturated heterocycles. The molecule has 2 unspecified atom stereocenters. The van der Waals surface area contributed by atoms with Crippen LogP contribution in [0, 0.1) is 5.92 Å². The summed E-state index contributed by atoms with van der Waals surface area (Å²) in [6, 6.07) is 16.8. The Labute approximate surface area is 178 Å². The fourth-order valence-corrected chi connectivity index (χ4v) is 4.07. The Kier molecular flexibility index (Phi) is 7.50. The number of hydrazine groups is 1. The molecule has 0 saturated carbocycles. The molecule has 0 spiro atoms. The van der Waals surface area contributed by atoms with Crippen molar-refractivity contribution in [2.75, 3.05) is 31.6 Å². The number of nitrogens with zero attached hydrogens (tertiary/aromatic N) is 1. The number of nitrogens with one attached hydrogen (secondary N) is 3. The van der Waals surface area contributed by atoms with E-state index in [1.807, 2.05) is 29.2 Å². The number of benzene rings is 2. The van der Waals surface area contributed by atoms with Gasteiger partial charge in [0, 0.05) is 44.2 Å². The second-order valence-electron chi connectivity index (χ2n) is 7.49. The molecular formula is C22H29ClN4O2. The number of anilines is 1. The molecule has 0 radical (unpaired) electrons. The van der Waals surface area contributed by atoms with E-state index in [0.717, 1.165) is 44.0 Å². The van der Waals surface area contributed by atoms with Crippen molar-refractivity contribution < 1.29 is 9.53 Å². The summed E-state index contributed by atoms with van der Waals surface area (Å²) in [7, 11) is 1.70. The van der Waals surface area contributed by atoms with Crippen molar-refractivity contribution in [3.05, 3.63) is 59.7 Å². The van der Waals surface area contributed by atoms with Crippen molar-refractivity contribution in [1.29, 1.82) is 0 Å². The summed E-state index contributed by atoms with van der Waals surface area (Å²) in [4.78, 5) is 13.9. The minimum absolute atomic E-state index is 0. The lowest BCUT2D eigenvalue weighted by Crippen LogP contribution is -2.28. The SMILES string of the molecule is COc1cccc(C2NNCC2CNCc2cccc(N3CCCC3=O)c2)c1.Cl. The van der Waals surface area contributed by atoms with E-state index in [4.69, 9.17) is 4.74 Å². The number of ether oxygens (including phenoxy) is 1. The van der Waals surface area contributed by atoms with E-state index in [2.05, 4.69) is 40.4 Å². The second-order valence-corrected chi connectivity index (χ2v) is 7.49. The highest BCUT2D eigenvalue weighted by Gasteiger charge is 2.28. The molecule has 4 rings (SSSR count). The third kappa shape index (κ3) is 5.08. The Bertz CT molecular complexity index is 832. The van der Waals surface area contributed by atoms with E-state index in [0.29, 0.717) is 12.3 Å². The lowest BCUT2D eigenvalue weighted by Gasteiger charge is -2.20. The van der Waals surface area contributed by atoms with Crippen molar-refractivity contribution in [2.45, 2.75) is 25.4 Å². The summed E-state index contributed by atoms with van der Waals surface area (Å²) in [6.07, 6.45) is 1.62. The first-order chi connectivity index (χ1) is 13.7. The predicted molar refractivity (Wildman–Crippen MR) is 117 cm³/mol. The molecule has 2 heterocycles. The van der Waals surface area contributed by atoms with E-state index < -0.39 is 0 Å². The van der Waals surface area contributed by atoms with Crippen LogP contribution in [0.2, 0.25) is 0 Å². The average molecular weight is 417 g/mol. The zero-order valence-corrected chi connectivity index (χ0v) is 17.5. The lowest BCUT2D eigenvalue weighted by atomic mass is 9.94. The van der Waals surface area contributed by atoms with E-state index in [1.54, 1.807) is 7.11 Å². The molecule has 7 heteroatoms. The molecule has 0 aromatic heterocycles. The number of amides is 1. The van der Waals surface area contributed by atoms with Gasteiger partial charge < -0.3 is 15.0 Å². The standard InChI is InChI=1S/C22H28N4O2.ClH/c1-28-20-8-3-6-17(12-20)22-18(15-24-25-22)14-23-13-16-5-2-7-19(11-16)26-10-4-9-21(26)27;/h2-3,5-8,11-12,18,22-25H,4,9-10,13-15H2,1H3;1H. The van der Waals surface area contributed by atoms with Gasteiger partial charge in [0.2, 0.25) is 5.91 Å². The van der Waals surface area contributed by atoms with Gasteiger partial charge in [0.05, 0.1) is 13.2 Å². The van der Waals surface area contributed by atoms with Crippen LogP contribution in [0.5, 0.6) is 5.75 Å². The maximum absolute atomic E-state index is 12.0. The van der Waals surface area contributed by atoms with Crippen LogP contribution in [0.4, 0.5) is 5.69 Å². The summed E-state index contributed by atoms with van der Waals surface area (Å²) in [6.45, 7) is 3.43. The molecule has 156 valence electrons. The van der Waals surface area contributed by atoms with Gasteiger partial charge in [-0.05, 0) is 41.8 Å². The molecule has 1 amide bonds. The van der Waals surface area contributed by atoms with Gasteiger partial charge in [-0.15, -0.1) is 12.4 Å². The number of carbonyl (C=O) groups is 1. The summed E-state index contributed by atoms with van der Waals surface area (Å²) >= 11 is 0. The molecule has 3 N–H and O–H groups in total. The van der Waals surface area contributed by atoms with Crippen molar-refractivity contribution >= 4 is 24.0 Å². The molecule has 2 aromatic carbocycles. The van der Waals surface area contributed by atoms with Crippen LogP contribution in [0.1, 0.15) is 30.0 Å². The van der Waals surface area contributed by atoms with Crippen molar-refractivity contribution in [3.63, 3.8) is 0 Å². The topological polar surface area (TPSA) is 65.6 Å². The van der Waals surface area contributed by atoms with Crippen molar-refractivity contribution in [3.8, 4) is 5.75 Å². The molecular weight excluding hydrogens is 388 g/mol. The Morgan fingerprint density at radius 2 is 2.07 bits per heavy atom. The molecule has 0 bridgehead atoms. The third-order valence-electron chi connectivity index (χ3n) is 5.58. The minimum atomic E-state index is 0. The highest BCUT2D eigenvalue weighted by molar-refractivity contribution is 5.95. The molecule has 2 aromatic rings. The van der Waals surface area contributed by atoms with E-state index >= 15 is 0 Å². The minimum Gasteiger partial charge on any atom is -0.497 e. The van der Waals surface area contributed by atoms with Gasteiger partial charge in [-0.1, -0.05) is 24.3 Å². The van der Waals surface area contributed by atoms with Gasteiger partial charge in [-0.25, -0.2) is 5.43 Å². The zero-order valence-electron chi connectivity index (χ0n) is 16.7. The normalized spacial score (nSPS) is 21.3. The smallest absolute Gasteiger partial charge is 0.227 e. The monoisotopic (exact) mass is 416 g/mol. The Hall–Kier alpha value is -2.12. The van der Waals surface area contributed by atoms with Crippen LogP contribution in [0.3, 0.4) is 0 Å². The van der Waals surface area contributed by atoms with Crippen LogP contribution < -0.4 is 25.8 Å². The third-order valence-corrected chi connectivity index (χ3v) is 5.58. The fraction of sp³-hybridized carbons (Fsp3) is 0.409. The predicted octanol–water partition coefficient (Wildman–Crippen LogP) is 2.80. The van der Waals surface area contributed by atoms with Crippen molar-refractivity contribution in [2.24, 2.45) is 5.92 Å². The van der Waals surface area contributed by atoms with Crippen molar-refractivity contribution in [1.82, 2.24) is 16.2 Å². The summed E-state index contributed by atoms with van der Waals surface area (Å²) in [5, 5.41) is 3.59. The number of halogens is 1. The van der Waals surface area contributed by atoms with Crippen LogP contribution in [-0.2, 0) is 11.3 Å². The number of hydrogen-bond acceptors (Lipinski definition) is 5. The van der Waals surface area contributed by atoms with Gasteiger partial charge in [-0.3, -0.25) is 10.2 Å². The molecule has 2 aliphatic heterocycles. The van der Waals surface area contributed by atoms with Crippen LogP contribution in [0.15, 0.2) is 48.5 Å². The second kappa shape index (κ2) is 10.1. The van der Waals surface area contributed by atoms with E-state index in [1.165, 1.54) is 11.1 Å². The molecule has 2 aliphatic rings. The van der Waals surface area contributed by atoms with Gasteiger partial charge in [0.1, 0.15) is 5.75 Å². The molecule has 6 nitrogen and oxygen atoms in total. The molecule has 0 aliphatic carbocycles. The highest BCUT2D eigenvalue weighted by Crippen LogP contribution is 2.27. The van der Waals surface area contributed by atoms with Gasteiger partial charge in [0.25, 0.3) is 0 Å². The van der Waals surface area contributed by atoms with Gasteiger partial charge in [-0.2, -0.15) is 0 Å². The van der Waals surface area contributed by atoms with Crippen LogP contribution in [0.25, 0.3) is 0 Å². The Morgan fingerprint density at radius 1 is 1.21 bits per heavy atom. The Balaban J connectivity index is 0.00000240. The van der Waals surface area contributed by atoms with Gasteiger partial charge >= 0.3 is 0 Å². The number of hydrogen-bond donors (Lipinski definition) is 3. The van der Waals surface area contributed by atoms with Crippen LogP contribution >= 0.6 is 12.4 Å². The lowest BCUT2D eigenvalue weighted by molar-refractivity contribution is -0.117. The quantitative estimate of drug-likeness (QED) is 0.647. The number of rotatable bonds is 7. The summed E-state index contributed by atoms with van der Waals surface area (Å²) < 4.78 is 5.36. The largest absolute Gasteiger partial charge is 0.497 e. The molecule has 2 atom stereocenters. The summed E-state index contributed by atoms with van der Waals surface area (Å²) in [5.41, 5.74) is 10.1. The van der Waals surface area contributed by atoms with Gasteiger partial charge in [0.15, 0.2) is 0 Å². The number of methoxy groups -OCH3 is 1. The zero-order chi connectivity index (χ0) is 19.3. The molecule has 29 heavy (non-hydrogen) atoms. The molecule has 2 fully saturated rings. The highest BCUT2D eigenvalue weighted by atomic mass is 35.5. The van der Waals surface area contributed by atoms with E-state index in [-0.39, 0.29) is 24.4 Å². The average Bonchev–Trinajstić information content (AvgIpc) is 3.37. The number of carbonyl (C=O) groups excluding carboxylic acids is 1. The van der Waals surface area contributed by atoms with E-state index in [9.17, 15) is 4.79 Å².